The zero-order valence-electron chi connectivity index (χ0n) is 11.8. The van der Waals surface area contributed by atoms with Crippen molar-refractivity contribution in [2.75, 3.05) is 0 Å². The van der Waals surface area contributed by atoms with Crippen molar-refractivity contribution in [3.05, 3.63) is 0 Å². The second-order valence-electron chi connectivity index (χ2n) is 6.63. The summed E-state index contributed by atoms with van der Waals surface area (Å²) in [5.74, 6) is 0.615. The summed E-state index contributed by atoms with van der Waals surface area (Å²) in [5, 5.41) is 10.4. The summed E-state index contributed by atoms with van der Waals surface area (Å²) in [7, 11) is -1.28. The zero-order chi connectivity index (χ0) is 12.3. The number of hydrogen-bond donors (Lipinski definition) is 1. The molecular formula is C14H30OSi. The van der Waals surface area contributed by atoms with Gasteiger partial charge in [-0.15, -0.1) is 0 Å². The van der Waals surface area contributed by atoms with Crippen LogP contribution in [0.5, 0.6) is 0 Å². The van der Waals surface area contributed by atoms with Gasteiger partial charge in [0.05, 0.1) is 14.2 Å². The van der Waals surface area contributed by atoms with Gasteiger partial charge in [0.2, 0.25) is 0 Å². The van der Waals surface area contributed by atoms with Crippen molar-refractivity contribution in [2.45, 2.75) is 83.2 Å². The van der Waals surface area contributed by atoms with Gasteiger partial charge in [-0.3, -0.25) is 0 Å². The molecular weight excluding hydrogens is 212 g/mol. The number of aliphatic hydroxyl groups excluding tert-OH is 1. The first-order chi connectivity index (χ1) is 7.38. The molecule has 1 aliphatic rings. The van der Waals surface area contributed by atoms with Crippen LogP contribution in [0, 0.1) is 5.92 Å². The van der Waals surface area contributed by atoms with Crippen molar-refractivity contribution in [3.8, 4) is 0 Å². The summed E-state index contributed by atoms with van der Waals surface area (Å²) in [4.78, 5) is 0. The van der Waals surface area contributed by atoms with E-state index in [4.69, 9.17) is 0 Å². The van der Waals surface area contributed by atoms with Crippen molar-refractivity contribution in [1.29, 1.82) is 0 Å². The molecule has 0 radical (unpaired) electrons. The molecule has 0 unspecified atom stereocenters. The highest BCUT2D eigenvalue weighted by Crippen LogP contribution is 2.40. The molecule has 0 saturated heterocycles. The molecule has 96 valence electrons. The van der Waals surface area contributed by atoms with Crippen LogP contribution in [0.2, 0.25) is 23.7 Å². The summed E-state index contributed by atoms with van der Waals surface area (Å²) in [6.07, 6.45) is 5.19. The molecule has 1 N–H and O–H groups in total. The Bertz CT molecular complexity index is 199. The Balaban J connectivity index is 2.60. The van der Waals surface area contributed by atoms with Gasteiger partial charge >= 0.3 is 0 Å². The smallest absolute Gasteiger partial charge is 0.0581 e. The van der Waals surface area contributed by atoms with E-state index < -0.39 is 8.07 Å². The number of rotatable bonds is 5. The Morgan fingerprint density at radius 3 is 1.88 bits per heavy atom. The molecule has 0 aromatic rings. The van der Waals surface area contributed by atoms with Crippen LogP contribution in [-0.4, -0.2) is 19.3 Å². The number of aliphatic hydroxyl groups is 1. The van der Waals surface area contributed by atoms with Crippen LogP contribution >= 0.6 is 0 Å². The summed E-state index contributed by atoms with van der Waals surface area (Å²) in [6, 6.07) is 1.12. The van der Waals surface area contributed by atoms with Crippen LogP contribution in [0.3, 0.4) is 0 Å². The number of hydrogen-bond acceptors (Lipinski definition) is 1. The lowest BCUT2D eigenvalue weighted by molar-refractivity contribution is 0.126. The van der Waals surface area contributed by atoms with Crippen LogP contribution in [0.15, 0.2) is 0 Å². The SMILES string of the molecule is CC(C)[Si](C)(C[C@@H](O)C1CCCC1)C(C)C. The van der Waals surface area contributed by atoms with E-state index in [1.807, 2.05) is 0 Å². The largest absolute Gasteiger partial charge is 0.393 e. The second kappa shape index (κ2) is 5.68. The Kier molecular flexibility index (Phi) is 5.05. The van der Waals surface area contributed by atoms with Crippen LogP contribution in [0.25, 0.3) is 0 Å². The molecule has 0 amide bonds. The van der Waals surface area contributed by atoms with E-state index in [2.05, 4.69) is 34.2 Å². The average molecular weight is 242 g/mol. The fourth-order valence-electron chi connectivity index (χ4n) is 3.10. The van der Waals surface area contributed by atoms with Gasteiger partial charge < -0.3 is 5.11 Å². The Morgan fingerprint density at radius 1 is 1.06 bits per heavy atom. The van der Waals surface area contributed by atoms with Gasteiger partial charge in [0, 0.05) is 0 Å². The lowest BCUT2D eigenvalue weighted by Gasteiger charge is -2.38. The third-order valence-corrected chi connectivity index (χ3v) is 11.8. The fourth-order valence-corrected chi connectivity index (χ4v) is 6.61. The molecule has 1 rings (SSSR count). The molecule has 2 heteroatoms. The zero-order valence-corrected chi connectivity index (χ0v) is 12.8. The summed E-state index contributed by atoms with van der Waals surface area (Å²) in [6.45, 7) is 11.9. The predicted octanol–water partition coefficient (Wildman–Crippen LogP) is 4.44. The first-order valence-corrected chi connectivity index (χ1v) is 9.92. The maximum atomic E-state index is 10.4. The summed E-state index contributed by atoms with van der Waals surface area (Å²) in [5.41, 5.74) is 1.56. The van der Waals surface area contributed by atoms with Crippen LogP contribution in [0.1, 0.15) is 53.4 Å². The fraction of sp³-hybridized carbons (Fsp3) is 1.00. The quantitative estimate of drug-likeness (QED) is 0.707. The molecule has 0 aliphatic heterocycles. The molecule has 0 aromatic carbocycles. The van der Waals surface area contributed by atoms with Gasteiger partial charge in [0.1, 0.15) is 0 Å². The van der Waals surface area contributed by atoms with Crippen molar-refractivity contribution in [3.63, 3.8) is 0 Å². The van der Waals surface area contributed by atoms with Gasteiger partial charge in [-0.1, -0.05) is 58.2 Å². The maximum Gasteiger partial charge on any atom is 0.0581 e. The average Bonchev–Trinajstić information content (AvgIpc) is 2.69. The normalized spacial score (nSPS) is 21.0. The van der Waals surface area contributed by atoms with Crippen LogP contribution in [0.4, 0.5) is 0 Å². The van der Waals surface area contributed by atoms with E-state index >= 15 is 0 Å². The van der Waals surface area contributed by atoms with Crippen LogP contribution < -0.4 is 0 Å². The Hall–Kier alpha value is 0.177. The molecule has 16 heavy (non-hydrogen) atoms. The molecule has 1 nitrogen and oxygen atoms in total. The van der Waals surface area contributed by atoms with E-state index in [0.29, 0.717) is 5.92 Å². The lowest BCUT2D eigenvalue weighted by atomic mass is 10.0. The molecule has 0 bridgehead atoms. The molecule has 1 atom stereocenters. The highest BCUT2D eigenvalue weighted by molar-refractivity contribution is 6.81. The minimum absolute atomic E-state index is 0.0102. The van der Waals surface area contributed by atoms with E-state index in [1.54, 1.807) is 0 Å². The summed E-state index contributed by atoms with van der Waals surface area (Å²) < 4.78 is 0. The van der Waals surface area contributed by atoms with E-state index in [0.717, 1.165) is 17.1 Å². The van der Waals surface area contributed by atoms with Crippen molar-refractivity contribution in [2.24, 2.45) is 5.92 Å². The topological polar surface area (TPSA) is 20.2 Å². The van der Waals surface area contributed by atoms with Gasteiger partial charge in [0.25, 0.3) is 0 Å². The molecule has 0 aromatic heterocycles. The molecule has 1 saturated carbocycles. The van der Waals surface area contributed by atoms with Gasteiger partial charge in [-0.05, 0) is 24.8 Å². The van der Waals surface area contributed by atoms with Gasteiger partial charge in [-0.25, -0.2) is 0 Å². The molecule has 0 spiro atoms. The third kappa shape index (κ3) is 3.10. The van der Waals surface area contributed by atoms with Gasteiger partial charge in [0.15, 0.2) is 0 Å². The van der Waals surface area contributed by atoms with Gasteiger partial charge in [-0.2, -0.15) is 0 Å². The first-order valence-electron chi connectivity index (χ1n) is 7.06. The standard InChI is InChI=1S/C14H30OSi/c1-11(2)16(5,12(3)4)10-14(15)13-8-6-7-9-13/h11-15H,6-10H2,1-5H3/t14-/m1/s1. The van der Waals surface area contributed by atoms with E-state index in [9.17, 15) is 5.11 Å². The molecule has 0 heterocycles. The predicted molar refractivity (Wildman–Crippen MR) is 74.6 cm³/mol. The molecule has 1 aliphatic carbocycles. The monoisotopic (exact) mass is 242 g/mol. The van der Waals surface area contributed by atoms with Crippen molar-refractivity contribution >= 4 is 8.07 Å². The van der Waals surface area contributed by atoms with Crippen molar-refractivity contribution in [1.82, 2.24) is 0 Å². The van der Waals surface area contributed by atoms with Crippen molar-refractivity contribution < 1.29 is 5.11 Å². The minimum Gasteiger partial charge on any atom is -0.393 e. The maximum absolute atomic E-state index is 10.4. The minimum atomic E-state index is -1.28. The highest BCUT2D eigenvalue weighted by atomic mass is 28.3. The second-order valence-corrected chi connectivity index (χ2v) is 12.4. The van der Waals surface area contributed by atoms with E-state index in [-0.39, 0.29) is 6.10 Å². The Labute approximate surface area is 103 Å². The molecule has 1 fully saturated rings. The van der Waals surface area contributed by atoms with E-state index in [1.165, 1.54) is 25.7 Å². The lowest BCUT2D eigenvalue weighted by Crippen LogP contribution is -2.42. The third-order valence-electron chi connectivity index (χ3n) is 5.23. The first kappa shape index (κ1) is 14.2. The summed E-state index contributed by atoms with van der Waals surface area (Å²) >= 11 is 0. The van der Waals surface area contributed by atoms with Crippen LogP contribution in [-0.2, 0) is 0 Å². The Morgan fingerprint density at radius 2 is 1.50 bits per heavy atom. The highest BCUT2D eigenvalue weighted by Gasteiger charge is 2.38.